The van der Waals surface area contributed by atoms with Crippen molar-refractivity contribution in [3.8, 4) is 11.1 Å². The van der Waals surface area contributed by atoms with Gasteiger partial charge in [0.05, 0.1) is 12.6 Å². The average molecular weight is 444 g/mol. The van der Waals surface area contributed by atoms with E-state index in [2.05, 4.69) is 5.32 Å². The van der Waals surface area contributed by atoms with Crippen LogP contribution in [0.15, 0.2) is 42.5 Å². The number of nitrogens with one attached hydrogen (secondary N) is 1. The number of benzene rings is 2. The lowest BCUT2D eigenvalue weighted by atomic mass is 9.99. The van der Waals surface area contributed by atoms with E-state index in [0.29, 0.717) is 21.7 Å². The van der Waals surface area contributed by atoms with E-state index in [0.717, 1.165) is 0 Å². The monoisotopic (exact) mass is 443 g/mol. The third-order valence-corrected chi connectivity index (χ3v) is 5.13. The fourth-order valence-corrected chi connectivity index (χ4v) is 3.42. The molecule has 2 aromatic carbocycles. The Morgan fingerprint density at radius 2 is 1.79 bits per heavy atom. The number of hydrogen-bond acceptors (Lipinski definition) is 3. The van der Waals surface area contributed by atoms with E-state index in [9.17, 15) is 18.5 Å². The Hall–Kier alpha value is -2.25. The topological polar surface area (TPSA) is 124 Å². The Balaban J connectivity index is 2.08. The van der Waals surface area contributed by atoms with Gasteiger partial charge in [0.15, 0.2) is 0 Å². The maximum absolute atomic E-state index is 14.0. The number of amides is 1. The summed E-state index contributed by atoms with van der Waals surface area (Å²) in [4.78, 5) is 40.6. The summed E-state index contributed by atoms with van der Waals surface area (Å²) in [7, 11) is -4.32. The van der Waals surface area contributed by atoms with Gasteiger partial charge in [-0.2, -0.15) is 0 Å². The van der Waals surface area contributed by atoms with Crippen molar-refractivity contribution in [2.45, 2.75) is 25.3 Å². The number of rotatable bonds is 9. The number of hydrogen-bond donors (Lipinski definition) is 4. The van der Waals surface area contributed by atoms with Crippen LogP contribution in [0.4, 0.5) is 4.39 Å². The van der Waals surface area contributed by atoms with Gasteiger partial charge >= 0.3 is 13.6 Å². The molecule has 4 N–H and O–H groups in total. The third-order valence-electron chi connectivity index (χ3n) is 4.09. The van der Waals surface area contributed by atoms with Gasteiger partial charge in [0.2, 0.25) is 5.91 Å². The molecule has 0 spiro atoms. The summed E-state index contributed by atoms with van der Waals surface area (Å²) >= 11 is 5.91. The van der Waals surface area contributed by atoms with Crippen LogP contribution < -0.4 is 5.32 Å². The number of aliphatic carboxylic acids is 1. The Morgan fingerprint density at radius 3 is 2.38 bits per heavy atom. The lowest BCUT2D eigenvalue weighted by molar-refractivity contribution is -0.137. The molecule has 2 rings (SSSR count). The predicted octanol–water partition coefficient (Wildman–Crippen LogP) is 3.22. The van der Waals surface area contributed by atoms with E-state index < -0.39 is 43.9 Å². The second kappa shape index (κ2) is 9.98. The molecule has 0 aliphatic carbocycles. The van der Waals surface area contributed by atoms with Gasteiger partial charge in [0, 0.05) is 23.0 Å². The predicted molar refractivity (Wildman–Crippen MR) is 106 cm³/mol. The van der Waals surface area contributed by atoms with Gasteiger partial charge < -0.3 is 20.2 Å². The van der Waals surface area contributed by atoms with Crippen LogP contribution in [0.5, 0.6) is 0 Å². The van der Waals surface area contributed by atoms with Crippen molar-refractivity contribution in [2.24, 2.45) is 0 Å². The first kappa shape index (κ1) is 23.0. The number of carbonyl (C=O) groups is 2. The fourth-order valence-electron chi connectivity index (χ4n) is 2.76. The van der Waals surface area contributed by atoms with Crippen LogP contribution in [0, 0.1) is 5.82 Å². The van der Waals surface area contributed by atoms with Crippen LogP contribution in [0.1, 0.15) is 18.4 Å². The van der Waals surface area contributed by atoms with Gasteiger partial charge in [-0.15, -0.1) is 0 Å². The maximum atomic E-state index is 14.0. The Morgan fingerprint density at radius 1 is 1.14 bits per heavy atom. The summed E-state index contributed by atoms with van der Waals surface area (Å²) in [6.07, 6.45) is -1.19. The van der Waals surface area contributed by atoms with Crippen molar-refractivity contribution in [2.75, 3.05) is 6.16 Å². The maximum Gasteiger partial charge on any atom is 0.326 e. The zero-order valence-electron chi connectivity index (χ0n) is 15.2. The first-order valence-electron chi connectivity index (χ1n) is 8.63. The van der Waals surface area contributed by atoms with Crippen LogP contribution in [0.25, 0.3) is 11.1 Å². The minimum absolute atomic E-state index is 0.187. The molecule has 0 fully saturated rings. The second-order valence-electron chi connectivity index (χ2n) is 6.53. The molecule has 7 nitrogen and oxygen atoms in total. The first-order chi connectivity index (χ1) is 13.5. The second-order valence-corrected chi connectivity index (χ2v) is 8.74. The molecular weight excluding hydrogens is 424 g/mol. The summed E-state index contributed by atoms with van der Waals surface area (Å²) in [6.45, 7) is 0. The summed E-state index contributed by atoms with van der Waals surface area (Å²) < 4.78 is 24.9. The molecule has 2 aromatic rings. The van der Waals surface area contributed by atoms with E-state index in [1.807, 2.05) is 0 Å². The Bertz CT molecular complexity index is 931. The average Bonchev–Trinajstić information content (AvgIpc) is 2.61. The normalized spacial score (nSPS) is 12.4. The van der Waals surface area contributed by atoms with Crippen molar-refractivity contribution in [1.82, 2.24) is 5.32 Å². The van der Waals surface area contributed by atoms with Crippen LogP contribution >= 0.6 is 19.2 Å². The first-order valence-corrected chi connectivity index (χ1v) is 10.8. The summed E-state index contributed by atoms with van der Waals surface area (Å²) in [5.74, 6) is -2.19. The molecule has 0 unspecified atom stereocenters. The molecule has 0 aromatic heterocycles. The third kappa shape index (κ3) is 7.95. The number of carboxylic acid groups (broad SMARTS) is 1. The molecule has 1 atom stereocenters. The summed E-state index contributed by atoms with van der Waals surface area (Å²) in [6, 6.07) is 10.2. The van der Waals surface area contributed by atoms with Crippen molar-refractivity contribution in [3.63, 3.8) is 0 Å². The lowest BCUT2D eigenvalue weighted by Gasteiger charge is -2.17. The smallest absolute Gasteiger partial charge is 0.326 e. The van der Waals surface area contributed by atoms with E-state index in [1.54, 1.807) is 24.3 Å². The molecule has 0 radical (unpaired) electrons. The molecule has 156 valence electrons. The van der Waals surface area contributed by atoms with Gasteiger partial charge in [-0.05, 0) is 35.7 Å². The van der Waals surface area contributed by atoms with Crippen LogP contribution in [-0.4, -0.2) is 39.0 Å². The highest BCUT2D eigenvalue weighted by atomic mass is 35.5. The number of halogens is 2. The molecule has 0 aliphatic heterocycles. The zero-order chi connectivity index (χ0) is 21.6. The van der Waals surface area contributed by atoms with Crippen LogP contribution in [-0.2, 0) is 20.6 Å². The van der Waals surface area contributed by atoms with Gasteiger partial charge in [-0.25, -0.2) is 4.39 Å². The molecule has 1 amide bonds. The standard InChI is InChI=1S/C19H20ClFNO6P/c20-14-5-6-17(21)16(10-14)13-3-1-12(2-4-13)9-15(11-19(24)25)22-18(23)7-8-29(26,27)28/h1-6,10,15H,7-9,11H2,(H,22,23)(H,24,25)(H2,26,27,28)/t15-/m1/s1. The molecule has 0 saturated carbocycles. The quantitative estimate of drug-likeness (QED) is 0.441. The van der Waals surface area contributed by atoms with Crippen molar-refractivity contribution in [3.05, 3.63) is 58.9 Å². The minimum atomic E-state index is -4.32. The highest BCUT2D eigenvalue weighted by molar-refractivity contribution is 7.51. The zero-order valence-corrected chi connectivity index (χ0v) is 16.9. The molecule has 0 aliphatic rings. The van der Waals surface area contributed by atoms with Crippen molar-refractivity contribution < 1.29 is 33.4 Å². The molecular formula is C19H20ClFNO6P. The van der Waals surface area contributed by atoms with Crippen LogP contribution in [0.3, 0.4) is 0 Å². The van der Waals surface area contributed by atoms with Crippen molar-refractivity contribution >= 4 is 31.1 Å². The molecule has 29 heavy (non-hydrogen) atoms. The van der Waals surface area contributed by atoms with E-state index >= 15 is 0 Å². The van der Waals surface area contributed by atoms with Gasteiger partial charge in [0.25, 0.3) is 0 Å². The van der Waals surface area contributed by atoms with E-state index in [-0.39, 0.29) is 12.8 Å². The van der Waals surface area contributed by atoms with Gasteiger partial charge in [0.1, 0.15) is 5.82 Å². The Labute approximate surface area is 171 Å². The summed E-state index contributed by atoms with van der Waals surface area (Å²) in [5, 5.41) is 11.9. The largest absolute Gasteiger partial charge is 0.481 e. The van der Waals surface area contributed by atoms with Gasteiger partial charge in [-0.3, -0.25) is 14.2 Å². The van der Waals surface area contributed by atoms with E-state index in [1.165, 1.54) is 18.2 Å². The fraction of sp³-hybridized carbons (Fsp3) is 0.263. The molecule has 10 heteroatoms. The highest BCUT2D eigenvalue weighted by Crippen LogP contribution is 2.34. The van der Waals surface area contributed by atoms with E-state index in [4.69, 9.17) is 26.5 Å². The number of carbonyl (C=O) groups excluding carboxylic acids is 1. The van der Waals surface area contributed by atoms with Crippen molar-refractivity contribution in [1.29, 1.82) is 0 Å². The number of carboxylic acids is 1. The molecule has 0 bridgehead atoms. The SMILES string of the molecule is O=C(O)C[C@@H](Cc1ccc(-c2cc(Cl)ccc2F)cc1)NC(=O)CCP(=O)(O)O. The summed E-state index contributed by atoms with van der Waals surface area (Å²) in [5.41, 5.74) is 1.63. The molecule has 0 heterocycles. The highest BCUT2D eigenvalue weighted by Gasteiger charge is 2.20. The Kier molecular flexibility index (Phi) is 7.93. The van der Waals surface area contributed by atoms with Gasteiger partial charge in [-0.1, -0.05) is 35.9 Å². The van der Waals surface area contributed by atoms with Crippen LogP contribution in [0.2, 0.25) is 5.02 Å². The molecule has 0 saturated heterocycles. The lowest BCUT2D eigenvalue weighted by Crippen LogP contribution is -2.38. The minimum Gasteiger partial charge on any atom is -0.481 e.